The van der Waals surface area contributed by atoms with E-state index in [4.69, 9.17) is 4.42 Å². The van der Waals surface area contributed by atoms with Gasteiger partial charge in [0.2, 0.25) is 0 Å². The van der Waals surface area contributed by atoms with Crippen LogP contribution in [-0.4, -0.2) is 27.0 Å². The van der Waals surface area contributed by atoms with Crippen LogP contribution in [0.2, 0.25) is 0 Å². The van der Waals surface area contributed by atoms with E-state index >= 15 is 0 Å². The minimum atomic E-state index is -6.03. The van der Waals surface area contributed by atoms with E-state index in [9.17, 15) is 36.2 Å². The van der Waals surface area contributed by atoms with E-state index in [1.54, 1.807) is 60.7 Å². The number of aliphatic hydroxyl groups is 1. The van der Waals surface area contributed by atoms with Gasteiger partial charge in [-0.05, 0) is 48.0 Å². The number of hydrogen-bond acceptors (Lipinski definition) is 4. The maximum absolute atomic E-state index is 13.7. The van der Waals surface area contributed by atoms with Crippen LogP contribution in [0.4, 0.5) is 26.3 Å². The number of furan rings is 1. The lowest BCUT2D eigenvalue weighted by Gasteiger charge is -2.32. The highest BCUT2D eigenvalue weighted by molar-refractivity contribution is 5.83. The molecule has 0 saturated carbocycles. The number of aromatic nitrogens is 2. The molecule has 200 valence electrons. The SMILES string of the molecule is O=c1c2cc(-c3ccco3)ccc2nc(Cc2ccccc2)n1-c1ccc(C(O)(C(F)(F)F)C(F)(F)F)cc1. The monoisotopic (exact) mass is 544 g/mol. The molecule has 0 amide bonds. The average molecular weight is 544 g/mol. The first kappa shape index (κ1) is 26.2. The van der Waals surface area contributed by atoms with Crippen LogP contribution in [0.25, 0.3) is 27.9 Å². The molecule has 0 radical (unpaired) electrons. The van der Waals surface area contributed by atoms with Crippen LogP contribution in [-0.2, 0) is 12.0 Å². The normalized spacial score (nSPS) is 12.7. The van der Waals surface area contributed by atoms with Crippen LogP contribution in [0.5, 0.6) is 0 Å². The summed E-state index contributed by atoms with van der Waals surface area (Å²) in [6, 6.07) is 20.0. The van der Waals surface area contributed by atoms with Crippen LogP contribution in [0.1, 0.15) is 17.0 Å². The van der Waals surface area contributed by atoms with Crippen LogP contribution in [0.15, 0.2) is 100 Å². The number of rotatable bonds is 5. The molecule has 0 atom stereocenters. The molecule has 2 aromatic heterocycles. The summed E-state index contributed by atoms with van der Waals surface area (Å²) in [4.78, 5) is 18.3. The van der Waals surface area contributed by atoms with Crippen molar-refractivity contribution >= 4 is 10.9 Å². The van der Waals surface area contributed by atoms with Gasteiger partial charge in [-0.3, -0.25) is 9.36 Å². The molecule has 0 aliphatic rings. The number of hydrogen-bond donors (Lipinski definition) is 1. The van der Waals surface area contributed by atoms with Crippen LogP contribution in [0.3, 0.4) is 0 Å². The Morgan fingerprint density at radius 2 is 1.49 bits per heavy atom. The van der Waals surface area contributed by atoms with Gasteiger partial charge in [-0.1, -0.05) is 42.5 Å². The topological polar surface area (TPSA) is 68.3 Å². The summed E-state index contributed by atoms with van der Waals surface area (Å²) in [7, 11) is 0. The molecule has 2 heterocycles. The molecule has 39 heavy (non-hydrogen) atoms. The van der Waals surface area contributed by atoms with Gasteiger partial charge in [-0.15, -0.1) is 0 Å². The Labute approximate surface area is 216 Å². The van der Waals surface area contributed by atoms with E-state index in [1.807, 2.05) is 0 Å². The Morgan fingerprint density at radius 3 is 2.08 bits per heavy atom. The largest absolute Gasteiger partial charge is 0.464 e. The van der Waals surface area contributed by atoms with Gasteiger partial charge in [-0.25, -0.2) is 4.98 Å². The van der Waals surface area contributed by atoms with E-state index in [2.05, 4.69) is 4.98 Å². The number of alkyl halides is 6. The second-order valence-electron chi connectivity index (χ2n) is 8.79. The molecule has 0 saturated heterocycles. The molecular formula is C28H18F6N2O3. The molecule has 0 unspecified atom stereocenters. The van der Waals surface area contributed by atoms with Gasteiger partial charge in [0.1, 0.15) is 11.6 Å². The van der Waals surface area contributed by atoms with Gasteiger partial charge >= 0.3 is 12.4 Å². The van der Waals surface area contributed by atoms with Gasteiger partial charge < -0.3 is 9.52 Å². The summed E-state index contributed by atoms with van der Waals surface area (Å²) in [6.07, 6.45) is -10.5. The highest BCUT2D eigenvalue weighted by Crippen LogP contribution is 2.50. The standard InChI is InChI=1S/C28H18F6N2O3/c29-27(30,31)26(38,28(32,33)34)19-9-11-20(12-10-19)36-24(15-17-5-2-1-3-6-17)35-22-13-8-18(16-21(22)25(36)37)23-7-4-14-39-23/h1-14,16,38H,15H2. The van der Waals surface area contributed by atoms with Crippen molar-refractivity contribution < 1.29 is 35.9 Å². The highest BCUT2D eigenvalue weighted by Gasteiger charge is 2.71. The van der Waals surface area contributed by atoms with Gasteiger partial charge in [0.15, 0.2) is 0 Å². The zero-order valence-corrected chi connectivity index (χ0v) is 19.8. The summed E-state index contributed by atoms with van der Waals surface area (Å²) in [5, 5.41) is 9.90. The van der Waals surface area contributed by atoms with Crippen molar-refractivity contribution in [3.8, 4) is 17.0 Å². The molecule has 5 aromatic rings. The van der Waals surface area contributed by atoms with Gasteiger partial charge in [0, 0.05) is 17.5 Å². The van der Waals surface area contributed by atoms with E-state index in [0.717, 1.165) is 22.3 Å². The van der Waals surface area contributed by atoms with Gasteiger partial charge in [0.05, 0.1) is 22.9 Å². The Hall–Kier alpha value is -4.38. The predicted molar refractivity (Wildman–Crippen MR) is 130 cm³/mol. The lowest BCUT2D eigenvalue weighted by atomic mass is 9.92. The number of halogens is 6. The smallest absolute Gasteiger partial charge is 0.430 e. The Bertz CT molecular complexity index is 1660. The first-order valence-corrected chi connectivity index (χ1v) is 11.5. The minimum Gasteiger partial charge on any atom is -0.464 e. The Kier molecular flexibility index (Phi) is 6.34. The maximum atomic E-state index is 13.7. The molecule has 0 fully saturated rings. The summed E-state index contributed by atoms with van der Waals surface area (Å²) < 4.78 is 86.7. The molecule has 0 spiro atoms. The maximum Gasteiger partial charge on any atom is 0.430 e. The number of benzene rings is 3. The average Bonchev–Trinajstić information content (AvgIpc) is 3.43. The molecule has 0 aliphatic carbocycles. The summed E-state index contributed by atoms with van der Waals surface area (Å²) >= 11 is 0. The van der Waals surface area contributed by atoms with Crippen molar-refractivity contribution in [3.63, 3.8) is 0 Å². The summed E-state index contributed by atoms with van der Waals surface area (Å²) in [6.45, 7) is 0. The van der Waals surface area contributed by atoms with Gasteiger partial charge in [-0.2, -0.15) is 26.3 Å². The Morgan fingerprint density at radius 1 is 0.821 bits per heavy atom. The molecule has 11 heteroatoms. The lowest BCUT2D eigenvalue weighted by molar-refractivity contribution is -0.376. The van der Waals surface area contributed by atoms with Crippen molar-refractivity contribution in [1.29, 1.82) is 0 Å². The zero-order valence-electron chi connectivity index (χ0n) is 19.8. The van der Waals surface area contributed by atoms with Crippen LogP contribution in [0, 0.1) is 0 Å². The predicted octanol–water partition coefficient (Wildman–Crippen LogP) is 6.55. The number of fused-ring (bicyclic) bond motifs is 1. The fraction of sp³-hybridized carbons (Fsp3) is 0.143. The van der Waals surface area contributed by atoms with Crippen LogP contribution < -0.4 is 5.56 Å². The van der Waals surface area contributed by atoms with Crippen molar-refractivity contribution in [1.82, 2.24) is 9.55 Å². The molecular weight excluding hydrogens is 526 g/mol. The fourth-order valence-corrected chi connectivity index (χ4v) is 4.33. The zero-order chi connectivity index (χ0) is 28.0. The second kappa shape index (κ2) is 9.42. The number of nitrogens with zero attached hydrogens (tertiary/aromatic N) is 2. The fourth-order valence-electron chi connectivity index (χ4n) is 4.33. The van der Waals surface area contributed by atoms with E-state index < -0.39 is 29.1 Å². The van der Waals surface area contributed by atoms with Crippen molar-refractivity contribution in [2.45, 2.75) is 24.4 Å². The lowest BCUT2D eigenvalue weighted by Crippen LogP contribution is -2.53. The van der Waals surface area contributed by atoms with Crippen molar-refractivity contribution in [2.24, 2.45) is 0 Å². The molecule has 0 bridgehead atoms. The Balaban J connectivity index is 1.70. The highest BCUT2D eigenvalue weighted by atomic mass is 19.4. The minimum absolute atomic E-state index is 0.0285. The molecule has 5 nitrogen and oxygen atoms in total. The molecule has 3 aromatic carbocycles. The first-order chi connectivity index (χ1) is 18.4. The third kappa shape index (κ3) is 4.59. The molecule has 5 rings (SSSR count). The molecule has 1 N–H and O–H groups in total. The van der Waals surface area contributed by atoms with E-state index in [1.165, 1.54) is 6.26 Å². The first-order valence-electron chi connectivity index (χ1n) is 11.5. The third-order valence-electron chi connectivity index (χ3n) is 6.31. The van der Waals surface area contributed by atoms with Crippen molar-refractivity contribution in [2.75, 3.05) is 0 Å². The second-order valence-corrected chi connectivity index (χ2v) is 8.79. The van der Waals surface area contributed by atoms with Crippen LogP contribution >= 0.6 is 0 Å². The quantitative estimate of drug-likeness (QED) is 0.255. The summed E-state index contributed by atoms with van der Waals surface area (Å²) in [5.74, 6) is 0.693. The third-order valence-corrected chi connectivity index (χ3v) is 6.31. The summed E-state index contributed by atoms with van der Waals surface area (Å²) in [5.41, 5.74) is -5.45. The van der Waals surface area contributed by atoms with Crippen molar-refractivity contribution in [3.05, 3.63) is 118 Å². The van der Waals surface area contributed by atoms with E-state index in [0.29, 0.717) is 29.0 Å². The molecule has 0 aliphatic heterocycles. The van der Waals surface area contributed by atoms with E-state index in [-0.39, 0.29) is 23.3 Å². The van der Waals surface area contributed by atoms with Gasteiger partial charge in [0.25, 0.3) is 11.2 Å².